The van der Waals surface area contributed by atoms with E-state index in [-0.39, 0.29) is 17.7 Å². The summed E-state index contributed by atoms with van der Waals surface area (Å²) in [6.45, 7) is 0.462. The van der Waals surface area contributed by atoms with Crippen molar-refractivity contribution in [2.75, 3.05) is 0 Å². The van der Waals surface area contributed by atoms with Crippen molar-refractivity contribution in [1.82, 2.24) is 5.32 Å². The van der Waals surface area contributed by atoms with Crippen LogP contribution in [0.5, 0.6) is 0 Å². The standard InChI is InChI=1S/C17H16BrF2N/c18-14-5-8-16(20)13(9-14)10-21-17(11-1-2-11)12-3-6-15(19)7-4-12/h3-9,11,17,21H,1-2,10H2. The minimum Gasteiger partial charge on any atom is -0.306 e. The molecule has 0 aliphatic heterocycles. The summed E-state index contributed by atoms with van der Waals surface area (Å²) in [5.74, 6) is 0.122. The lowest BCUT2D eigenvalue weighted by molar-refractivity contribution is 0.470. The summed E-state index contributed by atoms with van der Waals surface area (Å²) < 4.78 is 27.7. The van der Waals surface area contributed by atoms with Gasteiger partial charge in [0.2, 0.25) is 0 Å². The summed E-state index contributed by atoms with van der Waals surface area (Å²) in [6.07, 6.45) is 2.33. The van der Waals surface area contributed by atoms with E-state index in [1.807, 2.05) is 12.1 Å². The zero-order valence-corrected chi connectivity index (χ0v) is 13.0. The molecule has 2 aromatic carbocycles. The van der Waals surface area contributed by atoms with Gasteiger partial charge in [0.05, 0.1) is 0 Å². The average molecular weight is 352 g/mol. The third kappa shape index (κ3) is 3.69. The molecule has 0 amide bonds. The molecular weight excluding hydrogens is 336 g/mol. The van der Waals surface area contributed by atoms with Crippen molar-refractivity contribution in [1.29, 1.82) is 0 Å². The molecule has 1 fully saturated rings. The molecule has 110 valence electrons. The van der Waals surface area contributed by atoms with Crippen molar-refractivity contribution >= 4 is 15.9 Å². The van der Waals surface area contributed by atoms with Crippen LogP contribution >= 0.6 is 15.9 Å². The topological polar surface area (TPSA) is 12.0 Å². The molecule has 1 nitrogen and oxygen atoms in total. The fourth-order valence-electron chi connectivity index (χ4n) is 2.56. The lowest BCUT2D eigenvalue weighted by Crippen LogP contribution is -2.23. The second-order valence-electron chi connectivity index (χ2n) is 5.48. The first-order valence-corrected chi connectivity index (χ1v) is 7.85. The van der Waals surface area contributed by atoms with Gasteiger partial charge in [-0.25, -0.2) is 8.78 Å². The number of hydrogen-bond acceptors (Lipinski definition) is 1. The first-order chi connectivity index (χ1) is 10.1. The molecule has 1 unspecified atom stereocenters. The van der Waals surface area contributed by atoms with Crippen LogP contribution in [0.15, 0.2) is 46.9 Å². The Kier molecular flexibility index (Phi) is 4.36. The third-order valence-corrected chi connectivity index (χ3v) is 4.34. The van der Waals surface area contributed by atoms with Crippen LogP contribution in [-0.4, -0.2) is 0 Å². The number of hydrogen-bond donors (Lipinski definition) is 1. The van der Waals surface area contributed by atoms with Crippen molar-refractivity contribution in [3.63, 3.8) is 0 Å². The molecule has 1 saturated carbocycles. The van der Waals surface area contributed by atoms with E-state index in [0.29, 0.717) is 18.0 Å². The molecule has 1 aliphatic carbocycles. The Morgan fingerprint density at radius 3 is 2.48 bits per heavy atom. The molecule has 3 rings (SSSR count). The van der Waals surface area contributed by atoms with Gasteiger partial charge in [-0.05, 0) is 54.7 Å². The first kappa shape index (κ1) is 14.7. The average Bonchev–Trinajstić information content (AvgIpc) is 3.29. The van der Waals surface area contributed by atoms with E-state index in [4.69, 9.17) is 0 Å². The molecule has 21 heavy (non-hydrogen) atoms. The maximum absolute atomic E-state index is 13.8. The van der Waals surface area contributed by atoms with Gasteiger partial charge >= 0.3 is 0 Å². The third-order valence-electron chi connectivity index (χ3n) is 3.84. The van der Waals surface area contributed by atoms with E-state index >= 15 is 0 Å². The Bertz CT molecular complexity index is 623. The van der Waals surface area contributed by atoms with Crippen LogP contribution in [0.2, 0.25) is 0 Å². The van der Waals surface area contributed by atoms with Crippen LogP contribution in [0.3, 0.4) is 0 Å². The number of nitrogens with one attached hydrogen (secondary N) is 1. The van der Waals surface area contributed by atoms with Crippen molar-refractivity contribution in [2.24, 2.45) is 5.92 Å². The van der Waals surface area contributed by atoms with E-state index in [2.05, 4.69) is 21.2 Å². The van der Waals surface area contributed by atoms with Gasteiger partial charge < -0.3 is 5.32 Å². The normalized spacial score (nSPS) is 16.0. The van der Waals surface area contributed by atoms with Crippen molar-refractivity contribution in [2.45, 2.75) is 25.4 Å². The van der Waals surface area contributed by atoms with Crippen molar-refractivity contribution < 1.29 is 8.78 Å². The Hall–Kier alpha value is -1.26. The molecule has 0 bridgehead atoms. The highest BCUT2D eigenvalue weighted by atomic mass is 79.9. The highest BCUT2D eigenvalue weighted by molar-refractivity contribution is 9.10. The van der Waals surface area contributed by atoms with E-state index in [0.717, 1.165) is 22.9 Å². The Morgan fingerprint density at radius 2 is 1.81 bits per heavy atom. The van der Waals surface area contributed by atoms with Gasteiger partial charge in [-0.2, -0.15) is 0 Å². The molecule has 0 heterocycles. The fraction of sp³-hybridized carbons (Fsp3) is 0.294. The van der Waals surface area contributed by atoms with E-state index in [9.17, 15) is 8.78 Å². The highest BCUT2D eigenvalue weighted by Crippen LogP contribution is 2.41. The first-order valence-electron chi connectivity index (χ1n) is 7.06. The predicted octanol–water partition coefficient (Wildman–Crippen LogP) is 4.97. The molecule has 0 aromatic heterocycles. The Morgan fingerprint density at radius 1 is 1.10 bits per heavy atom. The maximum atomic E-state index is 13.8. The number of benzene rings is 2. The summed E-state index contributed by atoms with van der Waals surface area (Å²) in [7, 11) is 0. The molecule has 0 saturated heterocycles. The molecule has 0 radical (unpaired) electrons. The van der Waals surface area contributed by atoms with Gasteiger partial charge in [-0.1, -0.05) is 28.1 Å². The van der Waals surface area contributed by atoms with E-state index in [1.165, 1.54) is 18.2 Å². The van der Waals surface area contributed by atoms with Gasteiger partial charge in [-0.3, -0.25) is 0 Å². The zero-order valence-electron chi connectivity index (χ0n) is 11.5. The second kappa shape index (κ2) is 6.24. The van der Waals surface area contributed by atoms with Crippen LogP contribution in [0.1, 0.15) is 30.0 Å². The molecule has 1 N–H and O–H groups in total. The summed E-state index contributed by atoms with van der Waals surface area (Å²) in [5.41, 5.74) is 1.70. The maximum Gasteiger partial charge on any atom is 0.127 e. The monoisotopic (exact) mass is 351 g/mol. The van der Waals surface area contributed by atoms with Crippen molar-refractivity contribution in [3.8, 4) is 0 Å². The Labute approximate surface area is 131 Å². The van der Waals surface area contributed by atoms with Crippen LogP contribution in [0, 0.1) is 17.6 Å². The van der Waals surface area contributed by atoms with Gasteiger partial charge in [0.25, 0.3) is 0 Å². The molecule has 1 aliphatic rings. The largest absolute Gasteiger partial charge is 0.306 e. The summed E-state index contributed by atoms with van der Waals surface area (Å²) in [6, 6.07) is 11.7. The lowest BCUT2D eigenvalue weighted by Gasteiger charge is -2.19. The fourth-order valence-corrected chi connectivity index (χ4v) is 2.96. The number of rotatable bonds is 5. The van der Waals surface area contributed by atoms with Crippen LogP contribution in [0.25, 0.3) is 0 Å². The summed E-state index contributed by atoms with van der Waals surface area (Å²) >= 11 is 3.36. The van der Waals surface area contributed by atoms with Gasteiger partial charge in [0, 0.05) is 22.6 Å². The zero-order chi connectivity index (χ0) is 14.8. The Balaban J connectivity index is 1.74. The molecule has 2 aromatic rings. The SMILES string of the molecule is Fc1ccc(C(NCc2cc(Br)ccc2F)C2CC2)cc1. The van der Waals surface area contributed by atoms with E-state index in [1.54, 1.807) is 12.1 Å². The smallest absolute Gasteiger partial charge is 0.127 e. The van der Waals surface area contributed by atoms with Gasteiger partial charge in [0.1, 0.15) is 11.6 Å². The van der Waals surface area contributed by atoms with Gasteiger partial charge in [-0.15, -0.1) is 0 Å². The van der Waals surface area contributed by atoms with Crippen LogP contribution in [0.4, 0.5) is 8.78 Å². The molecule has 0 spiro atoms. The van der Waals surface area contributed by atoms with E-state index < -0.39 is 0 Å². The van der Waals surface area contributed by atoms with Gasteiger partial charge in [0.15, 0.2) is 0 Å². The molecule has 4 heteroatoms. The second-order valence-corrected chi connectivity index (χ2v) is 6.40. The van der Waals surface area contributed by atoms with Crippen LogP contribution < -0.4 is 5.32 Å². The minimum atomic E-state index is -0.230. The quantitative estimate of drug-likeness (QED) is 0.801. The molecule has 1 atom stereocenters. The summed E-state index contributed by atoms with van der Waals surface area (Å²) in [5, 5.41) is 3.42. The minimum absolute atomic E-state index is 0.156. The number of halogens is 3. The summed E-state index contributed by atoms with van der Waals surface area (Å²) in [4.78, 5) is 0. The molecular formula is C17H16BrF2N. The van der Waals surface area contributed by atoms with Crippen molar-refractivity contribution in [3.05, 3.63) is 69.7 Å². The highest BCUT2D eigenvalue weighted by Gasteiger charge is 2.32. The predicted molar refractivity (Wildman–Crippen MR) is 82.8 cm³/mol. The van der Waals surface area contributed by atoms with Crippen LogP contribution in [-0.2, 0) is 6.54 Å². The lowest BCUT2D eigenvalue weighted by atomic mass is 10.0.